The Kier molecular flexibility index (Phi) is 3.88. The summed E-state index contributed by atoms with van der Waals surface area (Å²) in [7, 11) is -0.688. The zero-order valence-electron chi connectivity index (χ0n) is 5.62. The van der Waals surface area contributed by atoms with Crippen molar-refractivity contribution in [2.45, 2.75) is 3.91 Å². The van der Waals surface area contributed by atoms with Gasteiger partial charge < -0.3 is 0 Å². The minimum Gasteiger partial charge on any atom is -0.257 e. The van der Waals surface area contributed by atoms with Crippen molar-refractivity contribution in [2.24, 2.45) is 0 Å². The Morgan fingerprint density at radius 3 is 2.70 bits per heavy atom. The fraction of sp³-hybridized carbons (Fsp3) is 0.667. The van der Waals surface area contributed by atoms with Gasteiger partial charge in [0.25, 0.3) is 0 Å². The topological polar surface area (TPSA) is 17.1 Å². The van der Waals surface area contributed by atoms with E-state index in [0.717, 1.165) is 11.5 Å². The van der Waals surface area contributed by atoms with Crippen LogP contribution < -0.4 is 0 Å². The highest BCUT2D eigenvalue weighted by Crippen LogP contribution is 2.34. The second-order valence-electron chi connectivity index (χ2n) is 1.87. The van der Waals surface area contributed by atoms with Crippen LogP contribution in [0.15, 0.2) is 12.7 Å². The third-order valence-electron chi connectivity index (χ3n) is 1.09. The summed E-state index contributed by atoms with van der Waals surface area (Å²) in [5.41, 5.74) is 0. The van der Waals surface area contributed by atoms with E-state index in [2.05, 4.69) is 6.58 Å². The maximum absolute atomic E-state index is 11.2. The zero-order valence-corrected chi connectivity index (χ0v) is 8.07. The van der Waals surface area contributed by atoms with Crippen LogP contribution in [0.5, 0.6) is 0 Å². The molecule has 0 amide bonds. The fourth-order valence-electron chi connectivity index (χ4n) is 0.683. The first kappa shape index (κ1) is 8.68. The molecule has 0 saturated carbocycles. The van der Waals surface area contributed by atoms with Gasteiger partial charge in [0.05, 0.1) is 0 Å². The van der Waals surface area contributed by atoms with E-state index >= 15 is 0 Å². The molecule has 0 radical (unpaired) electrons. The quantitative estimate of drug-likeness (QED) is 0.636. The highest BCUT2D eigenvalue weighted by Gasteiger charge is 2.21. The lowest BCUT2D eigenvalue weighted by atomic mass is 10.8. The highest BCUT2D eigenvalue weighted by atomic mass is 32.3. The molecule has 58 valence electrons. The van der Waals surface area contributed by atoms with Gasteiger partial charge in [-0.1, -0.05) is 6.08 Å². The summed E-state index contributed by atoms with van der Waals surface area (Å²) in [6.45, 7) is 3.56. The fourth-order valence-corrected chi connectivity index (χ4v) is 5.45. The minimum absolute atomic E-state index is 0.318. The molecule has 0 spiro atoms. The molecule has 1 nitrogen and oxygen atoms in total. The molecule has 1 heterocycles. The number of hydrogen-bond donors (Lipinski definition) is 0. The van der Waals surface area contributed by atoms with Crippen LogP contribution in [0.2, 0.25) is 0 Å². The first-order valence-corrected chi connectivity index (χ1v) is 6.54. The van der Waals surface area contributed by atoms with Crippen LogP contribution in [0.4, 0.5) is 0 Å². The smallest absolute Gasteiger partial charge is 0.126 e. The van der Waals surface area contributed by atoms with E-state index in [9.17, 15) is 4.21 Å². The highest BCUT2D eigenvalue weighted by molar-refractivity contribution is 8.30. The van der Waals surface area contributed by atoms with Crippen molar-refractivity contribution in [3.63, 3.8) is 0 Å². The van der Waals surface area contributed by atoms with Gasteiger partial charge in [-0.05, 0) is 0 Å². The van der Waals surface area contributed by atoms with E-state index in [1.165, 1.54) is 0 Å². The summed E-state index contributed by atoms with van der Waals surface area (Å²) in [5, 5.41) is 0. The lowest BCUT2D eigenvalue weighted by molar-refractivity contribution is 0.687. The van der Waals surface area contributed by atoms with Crippen LogP contribution in [-0.2, 0) is 10.8 Å². The second-order valence-corrected chi connectivity index (χ2v) is 6.75. The number of rotatable bonds is 3. The van der Waals surface area contributed by atoms with Crippen molar-refractivity contribution in [3.8, 4) is 0 Å². The summed E-state index contributed by atoms with van der Waals surface area (Å²) in [4.78, 5) is 0. The first-order chi connectivity index (χ1) is 4.84. The molecule has 0 bridgehead atoms. The Bertz CT molecular complexity index is 140. The van der Waals surface area contributed by atoms with Gasteiger partial charge in [-0.3, -0.25) is 4.21 Å². The zero-order chi connectivity index (χ0) is 7.40. The molecule has 1 unspecified atom stereocenters. The summed E-state index contributed by atoms with van der Waals surface area (Å²) in [6.07, 6.45) is 1.73. The van der Waals surface area contributed by atoms with Crippen molar-refractivity contribution in [2.75, 3.05) is 17.3 Å². The molecule has 1 atom stereocenters. The second kappa shape index (κ2) is 4.46. The van der Waals surface area contributed by atoms with Crippen LogP contribution in [-0.4, -0.2) is 25.4 Å². The molecule has 0 aromatic carbocycles. The van der Waals surface area contributed by atoms with Crippen LogP contribution in [0.1, 0.15) is 0 Å². The minimum atomic E-state index is -0.688. The van der Waals surface area contributed by atoms with Gasteiger partial charge in [0, 0.05) is 28.1 Å². The van der Waals surface area contributed by atoms with Gasteiger partial charge >= 0.3 is 0 Å². The van der Waals surface area contributed by atoms with Crippen molar-refractivity contribution in [1.82, 2.24) is 0 Å². The third kappa shape index (κ3) is 2.32. The van der Waals surface area contributed by atoms with Crippen molar-refractivity contribution in [3.05, 3.63) is 12.7 Å². The molecule has 1 rings (SSSR count). The Morgan fingerprint density at radius 2 is 2.20 bits per heavy atom. The van der Waals surface area contributed by atoms with Crippen LogP contribution in [0, 0.1) is 0 Å². The molecular formula is C6H10OS3. The summed E-state index contributed by atoms with van der Waals surface area (Å²) in [5.74, 6) is 2.95. The van der Waals surface area contributed by atoms with E-state index in [1.807, 2.05) is 0 Å². The van der Waals surface area contributed by atoms with Gasteiger partial charge in [-0.25, -0.2) is 0 Å². The summed E-state index contributed by atoms with van der Waals surface area (Å²) in [6, 6.07) is 0. The Morgan fingerprint density at radius 1 is 1.60 bits per heavy atom. The average Bonchev–Trinajstić information content (AvgIpc) is 2.38. The van der Waals surface area contributed by atoms with E-state index < -0.39 is 10.8 Å². The van der Waals surface area contributed by atoms with Crippen molar-refractivity contribution < 1.29 is 4.21 Å². The monoisotopic (exact) mass is 194 g/mol. The lowest BCUT2D eigenvalue weighted by Crippen LogP contribution is -2.05. The van der Waals surface area contributed by atoms with Crippen LogP contribution >= 0.6 is 23.5 Å². The molecule has 1 fully saturated rings. The Hall–Kier alpha value is 0.590. The maximum Gasteiger partial charge on any atom is 0.126 e. The molecule has 0 aliphatic carbocycles. The predicted octanol–water partition coefficient (Wildman–Crippen LogP) is 1.68. The van der Waals surface area contributed by atoms with Gasteiger partial charge in [0.1, 0.15) is 3.91 Å². The van der Waals surface area contributed by atoms with Crippen molar-refractivity contribution in [1.29, 1.82) is 0 Å². The number of hydrogen-bond acceptors (Lipinski definition) is 3. The molecule has 0 aromatic rings. The molecule has 0 N–H and O–H groups in total. The van der Waals surface area contributed by atoms with E-state index in [1.54, 1.807) is 29.6 Å². The molecule has 1 saturated heterocycles. The van der Waals surface area contributed by atoms with Gasteiger partial charge in [0.15, 0.2) is 0 Å². The summed E-state index contributed by atoms with van der Waals surface area (Å²) >= 11 is 3.61. The van der Waals surface area contributed by atoms with Crippen LogP contribution in [0.3, 0.4) is 0 Å². The Balaban J connectivity index is 2.32. The predicted molar refractivity (Wildman–Crippen MR) is 51.9 cm³/mol. The molecule has 1 aliphatic heterocycles. The standard InChI is InChI=1S/C6H10OS3/c1-2-5-10(7)6-8-3-4-9-6/h2,6H,1,3-5H2. The Labute approximate surface area is 72.5 Å². The molecular weight excluding hydrogens is 184 g/mol. The van der Waals surface area contributed by atoms with Gasteiger partial charge in [-0.15, -0.1) is 30.1 Å². The third-order valence-corrected chi connectivity index (χ3v) is 6.68. The summed E-state index contributed by atoms with van der Waals surface area (Å²) < 4.78 is 11.6. The van der Waals surface area contributed by atoms with E-state index in [4.69, 9.17) is 0 Å². The maximum atomic E-state index is 11.2. The van der Waals surface area contributed by atoms with E-state index in [-0.39, 0.29) is 0 Å². The molecule has 10 heavy (non-hydrogen) atoms. The largest absolute Gasteiger partial charge is 0.257 e. The number of thioether (sulfide) groups is 2. The van der Waals surface area contributed by atoms with Gasteiger partial charge in [0.2, 0.25) is 0 Å². The SMILES string of the molecule is C=CCS(=O)C1SCCS1. The van der Waals surface area contributed by atoms with Gasteiger partial charge in [-0.2, -0.15) is 0 Å². The van der Waals surface area contributed by atoms with Crippen molar-refractivity contribution >= 4 is 34.3 Å². The van der Waals surface area contributed by atoms with E-state index in [0.29, 0.717) is 9.67 Å². The average molecular weight is 194 g/mol. The molecule has 4 heteroatoms. The first-order valence-electron chi connectivity index (χ1n) is 3.06. The lowest BCUT2D eigenvalue weighted by Gasteiger charge is -2.03. The normalized spacial score (nSPS) is 22.8. The molecule has 0 aromatic heterocycles. The van der Waals surface area contributed by atoms with Crippen LogP contribution in [0.25, 0.3) is 0 Å². The molecule has 1 aliphatic rings.